The first-order valence-corrected chi connectivity index (χ1v) is 12.9. The lowest BCUT2D eigenvalue weighted by atomic mass is 9.47. The summed E-state index contributed by atoms with van der Waals surface area (Å²) in [5, 5.41) is 3.35. The number of rotatable bonds is 6. The molecule has 6 rings (SSSR count). The number of hydrogen-bond donors (Lipinski definition) is 3. The van der Waals surface area contributed by atoms with E-state index in [1.165, 1.54) is 4.31 Å². The van der Waals surface area contributed by atoms with Crippen molar-refractivity contribution in [3.63, 3.8) is 0 Å². The second kappa shape index (κ2) is 7.83. The van der Waals surface area contributed by atoms with Crippen LogP contribution in [-0.4, -0.2) is 32.2 Å². The van der Waals surface area contributed by atoms with Crippen LogP contribution in [-0.2, 0) is 20.9 Å². The van der Waals surface area contributed by atoms with Crippen LogP contribution in [0.4, 0.5) is 5.69 Å². The van der Waals surface area contributed by atoms with Crippen molar-refractivity contribution in [3.8, 4) is 0 Å². The zero-order valence-electron chi connectivity index (χ0n) is 18.6. The van der Waals surface area contributed by atoms with Gasteiger partial charge in [-0.3, -0.25) is 18.4 Å². The van der Waals surface area contributed by atoms with Gasteiger partial charge in [-0.15, -0.1) is 0 Å². The molecular weight excluding hydrogens is 426 g/mol. The molecule has 0 aromatic heterocycles. The number of benzene rings is 1. The maximum absolute atomic E-state index is 13.9. The number of carbonyl (C=O) groups excluding carboxylic acids is 2. The summed E-state index contributed by atoms with van der Waals surface area (Å²) in [4.78, 5) is 26.2. The molecule has 1 aromatic carbocycles. The van der Waals surface area contributed by atoms with Crippen molar-refractivity contribution in [1.82, 2.24) is 5.32 Å². The van der Waals surface area contributed by atoms with Crippen molar-refractivity contribution in [2.45, 2.75) is 76.3 Å². The van der Waals surface area contributed by atoms with Crippen molar-refractivity contribution < 1.29 is 18.4 Å². The molecule has 5 aliphatic carbocycles. The van der Waals surface area contributed by atoms with E-state index in [9.17, 15) is 18.4 Å². The zero-order valence-corrected chi connectivity index (χ0v) is 19.4. The van der Waals surface area contributed by atoms with E-state index in [4.69, 9.17) is 5.73 Å². The molecule has 5 saturated carbocycles. The molecule has 5 aliphatic rings. The number of anilines is 1. The first kappa shape index (κ1) is 21.9. The summed E-state index contributed by atoms with van der Waals surface area (Å²) < 4.78 is 24.4. The number of amides is 2. The molecule has 4 bridgehead atoms. The molecule has 3 atom stereocenters. The van der Waals surface area contributed by atoms with Gasteiger partial charge in [0.25, 0.3) is 11.3 Å². The van der Waals surface area contributed by atoms with Gasteiger partial charge in [0, 0.05) is 11.5 Å². The number of carbonyl (C=O) groups is 2. The monoisotopic (exact) mass is 459 g/mol. The van der Waals surface area contributed by atoms with Crippen LogP contribution in [0.25, 0.3) is 0 Å². The van der Waals surface area contributed by atoms with E-state index in [2.05, 4.69) is 5.32 Å². The number of nitrogens with zero attached hydrogens (tertiary/aromatic N) is 1. The maximum Gasteiger partial charge on any atom is 0.262 e. The van der Waals surface area contributed by atoms with E-state index in [-0.39, 0.29) is 29.7 Å². The lowest BCUT2D eigenvalue weighted by Gasteiger charge is -2.59. The third-order valence-corrected chi connectivity index (χ3v) is 9.68. The minimum Gasteiger partial charge on any atom is -0.369 e. The van der Waals surface area contributed by atoms with E-state index in [1.807, 2.05) is 31.2 Å². The Kier molecular flexibility index (Phi) is 5.36. The second-order valence-corrected chi connectivity index (χ2v) is 11.5. The molecular formula is C24H33N3O4S. The molecule has 2 amide bonds. The van der Waals surface area contributed by atoms with Crippen molar-refractivity contribution in [2.24, 2.45) is 28.9 Å². The van der Waals surface area contributed by atoms with E-state index >= 15 is 0 Å². The van der Waals surface area contributed by atoms with Gasteiger partial charge in [-0.25, -0.2) is 4.21 Å². The van der Waals surface area contributed by atoms with E-state index in [1.54, 1.807) is 0 Å². The van der Waals surface area contributed by atoms with Crippen LogP contribution >= 0.6 is 0 Å². The standard InChI is InChI=1S/C24H33N3O4S/c1-15-6-2-3-7-19(15)27(32(30)31)24(8-4-5-9-24)22(29)26-20-17-10-16-11-18(20)14-23(12-16,13-17)21(25)28/h2-3,6-7,16-18,20H,4-5,8-14H2,1H3,(H2,25,28)(H,26,29)(H,30,31). The van der Waals surface area contributed by atoms with Crippen LogP contribution in [0, 0.1) is 30.1 Å². The molecule has 32 heavy (non-hydrogen) atoms. The predicted octanol–water partition coefficient (Wildman–Crippen LogP) is 3.05. The fourth-order valence-electron chi connectivity index (χ4n) is 7.59. The number of nitrogens with two attached hydrogens (primary N) is 1. The SMILES string of the molecule is Cc1ccccc1N(S(=O)O)C1(C(=O)NC2C3CC4CC2CC(C(N)=O)(C4)C3)CCCC1. The van der Waals surface area contributed by atoms with Crippen LogP contribution in [0.5, 0.6) is 0 Å². The van der Waals surface area contributed by atoms with Crippen molar-refractivity contribution >= 4 is 28.8 Å². The molecule has 0 aliphatic heterocycles. The third-order valence-electron chi connectivity index (χ3n) is 8.83. The number of primary amides is 1. The minimum absolute atomic E-state index is 0.00912. The van der Waals surface area contributed by atoms with Crippen LogP contribution in [0.3, 0.4) is 0 Å². The Morgan fingerprint density at radius 2 is 1.75 bits per heavy atom. The molecule has 1 aromatic rings. The molecule has 8 heteroatoms. The van der Waals surface area contributed by atoms with Crippen molar-refractivity contribution in [3.05, 3.63) is 29.8 Å². The molecule has 0 saturated heterocycles. The number of aryl methyl sites for hydroxylation is 1. The Morgan fingerprint density at radius 3 is 2.31 bits per heavy atom. The summed E-state index contributed by atoms with van der Waals surface area (Å²) in [7, 11) is 0. The molecule has 174 valence electrons. The topological polar surface area (TPSA) is 113 Å². The average molecular weight is 460 g/mol. The highest BCUT2D eigenvalue weighted by atomic mass is 32.2. The van der Waals surface area contributed by atoms with Gasteiger partial charge in [0.15, 0.2) is 0 Å². The van der Waals surface area contributed by atoms with Gasteiger partial charge in [-0.2, -0.15) is 0 Å². The Bertz CT molecular complexity index is 944. The highest BCUT2D eigenvalue weighted by Gasteiger charge is 2.59. The average Bonchev–Trinajstić information content (AvgIpc) is 3.22. The highest BCUT2D eigenvalue weighted by Crippen LogP contribution is 2.60. The quantitative estimate of drug-likeness (QED) is 0.568. The minimum atomic E-state index is -2.33. The molecule has 5 fully saturated rings. The Hall–Kier alpha value is -1.93. The summed E-state index contributed by atoms with van der Waals surface area (Å²) in [5.41, 5.74) is 5.87. The van der Waals surface area contributed by atoms with Crippen LogP contribution in [0.2, 0.25) is 0 Å². The molecule has 3 unspecified atom stereocenters. The van der Waals surface area contributed by atoms with Gasteiger partial charge in [-0.1, -0.05) is 31.0 Å². The lowest BCUT2D eigenvalue weighted by molar-refractivity contribution is -0.148. The Labute approximate surface area is 191 Å². The molecule has 0 heterocycles. The largest absolute Gasteiger partial charge is 0.369 e. The van der Waals surface area contributed by atoms with Crippen molar-refractivity contribution in [1.29, 1.82) is 0 Å². The Morgan fingerprint density at radius 1 is 1.12 bits per heavy atom. The zero-order chi connectivity index (χ0) is 22.7. The van der Waals surface area contributed by atoms with Crippen LogP contribution in [0.15, 0.2) is 24.3 Å². The highest BCUT2D eigenvalue weighted by molar-refractivity contribution is 7.80. The maximum atomic E-state index is 13.9. The van der Waals surface area contributed by atoms with E-state index < -0.39 is 22.2 Å². The van der Waals surface area contributed by atoms with Crippen LogP contribution < -0.4 is 15.4 Å². The predicted molar refractivity (Wildman–Crippen MR) is 123 cm³/mol. The summed E-state index contributed by atoms with van der Waals surface area (Å²) in [6.45, 7) is 1.90. The molecule has 0 radical (unpaired) electrons. The van der Waals surface area contributed by atoms with Gasteiger partial charge in [0.1, 0.15) is 5.54 Å². The van der Waals surface area contributed by atoms with Gasteiger partial charge in [-0.05, 0) is 81.3 Å². The summed E-state index contributed by atoms with van der Waals surface area (Å²) in [6.07, 6.45) is 7.24. The smallest absolute Gasteiger partial charge is 0.262 e. The summed E-state index contributed by atoms with van der Waals surface area (Å²) >= 11 is -2.33. The molecule has 4 N–H and O–H groups in total. The fraction of sp³-hybridized carbons (Fsp3) is 0.667. The Balaban J connectivity index is 1.44. The lowest BCUT2D eigenvalue weighted by Crippen LogP contribution is -2.66. The van der Waals surface area contributed by atoms with E-state index in [0.717, 1.165) is 50.5 Å². The molecule has 7 nitrogen and oxygen atoms in total. The third kappa shape index (κ3) is 3.29. The number of para-hydroxylation sites is 1. The number of hydrogen-bond acceptors (Lipinski definition) is 3. The number of nitrogens with one attached hydrogen (secondary N) is 1. The second-order valence-electron chi connectivity index (χ2n) is 10.7. The fourth-order valence-corrected chi connectivity index (χ4v) is 8.52. The summed E-state index contributed by atoms with van der Waals surface area (Å²) in [5.74, 6) is 0.689. The first-order valence-electron chi connectivity index (χ1n) is 11.8. The van der Waals surface area contributed by atoms with Crippen LogP contribution in [0.1, 0.15) is 63.4 Å². The van der Waals surface area contributed by atoms with Gasteiger partial charge in [0.2, 0.25) is 11.8 Å². The molecule has 0 spiro atoms. The normalized spacial score (nSPS) is 35.4. The van der Waals surface area contributed by atoms with Gasteiger partial charge < -0.3 is 11.1 Å². The van der Waals surface area contributed by atoms with E-state index in [0.29, 0.717) is 24.4 Å². The first-order chi connectivity index (χ1) is 15.3. The van der Waals surface area contributed by atoms with Gasteiger partial charge >= 0.3 is 0 Å². The summed E-state index contributed by atoms with van der Waals surface area (Å²) in [6, 6.07) is 7.45. The van der Waals surface area contributed by atoms with Crippen molar-refractivity contribution in [2.75, 3.05) is 4.31 Å². The van der Waals surface area contributed by atoms with Gasteiger partial charge in [0.05, 0.1) is 5.69 Å².